The predicted octanol–water partition coefficient (Wildman–Crippen LogP) is 9.25. The largest absolute Gasteiger partial charge is 0.326 e. The lowest BCUT2D eigenvalue weighted by Gasteiger charge is -2.35. The zero-order valence-corrected chi connectivity index (χ0v) is 22.6. The summed E-state index contributed by atoms with van der Waals surface area (Å²) in [7, 11) is 6.20. The highest BCUT2D eigenvalue weighted by Gasteiger charge is 2.19. The molecule has 0 bridgehead atoms. The zero-order chi connectivity index (χ0) is 22.2. The second kappa shape index (κ2) is 23.8. The molecule has 3 radical (unpaired) electrons. The van der Waals surface area contributed by atoms with Crippen LogP contribution in [0.5, 0.6) is 0 Å². The highest BCUT2D eigenvalue weighted by Crippen LogP contribution is 2.16. The monoisotopic (exact) mass is 437 g/mol. The average Bonchev–Trinajstić information content (AvgIpc) is 2.75. The van der Waals surface area contributed by atoms with E-state index < -0.39 is 0 Å². The molecular formula is C28H59NSi+. The van der Waals surface area contributed by atoms with E-state index in [1.54, 1.807) is 0 Å². The molecule has 0 amide bonds. The SMILES string of the molecule is CCCCCCCCCCCCCCCCCC[N+](C)(CCC[Si])CCCCCC. The van der Waals surface area contributed by atoms with E-state index in [2.05, 4.69) is 31.1 Å². The summed E-state index contributed by atoms with van der Waals surface area (Å²) >= 11 is 0. The topological polar surface area (TPSA) is 0 Å². The van der Waals surface area contributed by atoms with Crippen molar-refractivity contribution < 1.29 is 4.48 Å². The summed E-state index contributed by atoms with van der Waals surface area (Å²) in [4.78, 5) is 0. The van der Waals surface area contributed by atoms with Gasteiger partial charge in [0.25, 0.3) is 0 Å². The van der Waals surface area contributed by atoms with Gasteiger partial charge in [0.2, 0.25) is 0 Å². The Hall–Kier alpha value is 0.177. The van der Waals surface area contributed by atoms with Crippen molar-refractivity contribution in [1.82, 2.24) is 0 Å². The maximum absolute atomic E-state index is 3.68. The highest BCUT2D eigenvalue weighted by molar-refractivity contribution is 6.08. The minimum atomic E-state index is 1.15. The maximum Gasteiger partial charge on any atom is 0.0784 e. The summed E-state index contributed by atoms with van der Waals surface area (Å²) in [6.45, 7) is 8.77. The van der Waals surface area contributed by atoms with E-state index in [1.807, 2.05) is 0 Å². The molecule has 0 aromatic rings. The standard InChI is InChI=1S/C28H59NSi/c1-4-6-8-10-11-12-13-14-15-16-17-18-19-20-21-23-26-29(3,27-24-28-30)25-22-9-7-5-2/h4-28H2,1-3H3/q+1. The Morgan fingerprint density at radius 1 is 0.400 bits per heavy atom. The summed E-state index contributed by atoms with van der Waals surface area (Å²) in [5, 5.41) is 0. The molecule has 0 saturated carbocycles. The van der Waals surface area contributed by atoms with Crippen LogP contribution in [-0.2, 0) is 0 Å². The van der Waals surface area contributed by atoms with Gasteiger partial charge in [0, 0.05) is 10.2 Å². The van der Waals surface area contributed by atoms with Crippen molar-refractivity contribution in [1.29, 1.82) is 0 Å². The molecule has 0 aliphatic carbocycles. The van der Waals surface area contributed by atoms with Crippen LogP contribution in [0.15, 0.2) is 0 Å². The quantitative estimate of drug-likeness (QED) is 0.0758. The molecule has 1 atom stereocenters. The predicted molar refractivity (Wildman–Crippen MR) is 140 cm³/mol. The molecule has 0 aromatic carbocycles. The third-order valence-electron chi connectivity index (χ3n) is 6.98. The fraction of sp³-hybridized carbons (Fsp3) is 1.00. The van der Waals surface area contributed by atoms with Crippen LogP contribution in [0.2, 0.25) is 6.04 Å². The molecule has 0 saturated heterocycles. The van der Waals surface area contributed by atoms with Crippen LogP contribution in [0.4, 0.5) is 0 Å². The van der Waals surface area contributed by atoms with Crippen molar-refractivity contribution in [3.8, 4) is 0 Å². The molecule has 1 nitrogen and oxygen atoms in total. The van der Waals surface area contributed by atoms with Gasteiger partial charge in [-0.2, -0.15) is 0 Å². The molecule has 0 rings (SSSR count). The van der Waals surface area contributed by atoms with Gasteiger partial charge in [-0.3, -0.25) is 0 Å². The van der Waals surface area contributed by atoms with Crippen molar-refractivity contribution in [2.45, 2.75) is 155 Å². The third-order valence-corrected chi connectivity index (χ3v) is 7.33. The van der Waals surface area contributed by atoms with Crippen LogP contribution >= 0.6 is 0 Å². The van der Waals surface area contributed by atoms with E-state index in [9.17, 15) is 0 Å². The first kappa shape index (κ1) is 30.2. The number of unbranched alkanes of at least 4 members (excludes halogenated alkanes) is 18. The van der Waals surface area contributed by atoms with Crippen molar-refractivity contribution in [2.75, 3.05) is 26.7 Å². The number of hydrogen-bond donors (Lipinski definition) is 0. The van der Waals surface area contributed by atoms with Gasteiger partial charge in [-0.15, -0.1) is 0 Å². The minimum Gasteiger partial charge on any atom is -0.326 e. The Morgan fingerprint density at radius 2 is 0.667 bits per heavy atom. The summed E-state index contributed by atoms with van der Waals surface area (Å²) in [5.74, 6) is 0. The Morgan fingerprint density at radius 3 is 1.00 bits per heavy atom. The van der Waals surface area contributed by atoms with Crippen LogP contribution in [0.3, 0.4) is 0 Å². The van der Waals surface area contributed by atoms with Crippen LogP contribution < -0.4 is 0 Å². The van der Waals surface area contributed by atoms with Gasteiger partial charge in [0.05, 0.1) is 26.7 Å². The molecule has 0 aliphatic heterocycles. The van der Waals surface area contributed by atoms with Gasteiger partial charge < -0.3 is 4.48 Å². The normalized spacial score (nSPS) is 13.6. The van der Waals surface area contributed by atoms with Crippen molar-refractivity contribution in [2.24, 2.45) is 0 Å². The lowest BCUT2D eigenvalue weighted by atomic mass is 10.0. The maximum atomic E-state index is 3.68. The fourth-order valence-corrected chi connectivity index (χ4v) is 4.92. The summed E-state index contributed by atoms with van der Waals surface area (Å²) in [5.41, 5.74) is 0. The van der Waals surface area contributed by atoms with Gasteiger partial charge in [0.15, 0.2) is 0 Å². The molecule has 30 heavy (non-hydrogen) atoms. The lowest BCUT2D eigenvalue weighted by molar-refractivity contribution is -0.910. The van der Waals surface area contributed by atoms with Crippen molar-refractivity contribution in [3.05, 3.63) is 0 Å². The summed E-state index contributed by atoms with van der Waals surface area (Å²) in [6, 6.07) is 1.15. The summed E-state index contributed by atoms with van der Waals surface area (Å²) in [6.07, 6.45) is 30.3. The molecular weight excluding hydrogens is 378 g/mol. The number of rotatable bonds is 25. The first-order chi connectivity index (χ1) is 14.7. The number of quaternary nitrogens is 1. The van der Waals surface area contributed by atoms with Crippen LogP contribution in [0.25, 0.3) is 0 Å². The Kier molecular flexibility index (Phi) is 24.0. The fourth-order valence-electron chi connectivity index (χ4n) is 4.76. The molecule has 179 valence electrons. The average molecular weight is 438 g/mol. The van der Waals surface area contributed by atoms with E-state index in [0.717, 1.165) is 6.04 Å². The van der Waals surface area contributed by atoms with E-state index >= 15 is 0 Å². The first-order valence-electron chi connectivity index (χ1n) is 14.2. The summed E-state index contributed by atoms with van der Waals surface area (Å²) < 4.78 is 1.31. The number of hydrogen-bond acceptors (Lipinski definition) is 0. The van der Waals surface area contributed by atoms with Gasteiger partial charge in [-0.25, -0.2) is 0 Å². The molecule has 0 fully saturated rings. The van der Waals surface area contributed by atoms with Gasteiger partial charge in [-0.05, 0) is 32.1 Å². The number of nitrogens with zero attached hydrogens (tertiary/aromatic N) is 1. The molecule has 0 spiro atoms. The van der Waals surface area contributed by atoms with Crippen molar-refractivity contribution in [3.63, 3.8) is 0 Å². The lowest BCUT2D eigenvalue weighted by Crippen LogP contribution is -2.46. The van der Waals surface area contributed by atoms with Gasteiger partial charge in [0.1, 0.15) is 0 Å². The minimum absolute atomic E-state index is 1.15. The second-order valence-corrected chi connectivity index (χ2v) is 10.8. The van der Waals surface area contributed by atoms with Gasteiger partial charge >= 0.3 is 0 Å². The van der Waals surface area contributed by atoms with Gasteiger partial charge in [-0.1, -0.05) is 123 Å². The van der Waals surface area contributed by atoms with E-state index in [4.69, 9.17) is 0 Å². The Balaban J connectivity index is 3.49. The van der Waals surface area contributed by atoms with E-state index in [0.29, 0.717) is 0 Å². The first-order valence-corrected chi connectivity index (χ1v) is 14.9. The smallest absolute Gasteiger partial charge is 0.0784 e. The van der Waals surface area contributed by atoms with Crippen LogP contribution in [-0.4, -0.2) is 41.4 Å². The molecule has 1 unspecified atom stereocenters. The van der Waals surface area contributed by atoms with Crippen LogP contribution in [0, 0.1) is 0 Å². The zero-order valence-electron chi connectivity index (χ0n) is 21.6. The Labute approximate surface area is 196 Å². The third kappa shape index (κ3) is 21.4. The van der Waals surface area contributed by atoms with E-state index in [-0.39, 0.29) is 0 Å². The van der Waals surface area contributed by atoms with Crippen molar-refractivity contribution >= 4 is 10.2 Å². The van der Waals surface area contributed by atoms with Crippen LogP contribution in [0.1, 0.15) is 149 Å². The molecule has 0 N–H and O–H groups in total. The Bertz CT molecular complexity index is 320. The molecule has 2 heteroatoms. The molecule has 0 aromatic heterocycles. The highest BCUT2D eigenvalue weighted by atomic mass is 28.1. The van der Waals surface area contributed by atoms with E-state index in [1.165, 1.54) is 159 Å². The molecule has 0 aliphatic rings. The second-order valence-electron chi connectivity index (χ2n) is 10.3. The molecule has 0 heterocycles.